The molecule has 0 aliphatic carbocycles. The van der Waals surface area contributed by atoms with Crippen molar-refractivity contribution in [3.05, 3.63) is 0 Å². The molecular weight excluding hydrogens is 144 g/mol. The van der Waals surface area contributed by atoms with Gasteiger partial charge in [-0.05, 0) is 6.42 Å². The third kappa shape index (κ3) is 0.949. The monoisotopic (exact) mass is 150 g/mol. The molecule has 0 radical (unpaired) electrons. The molecule has 0 spiro atoms. The van der Waals surface area contributed by atoms with Crippen LogP contribution in [0, 0.1) is 0 Å². The second kappa shape index (κ2) is 1.94. The van der Waals surface area contributed by atoms with Crippen LogP contribution in [0.4, 0.5) is 0 Å². The molecule has 0 unspecified atom stereocenters. The SMILES string of the molecule is Br[C@@H]1CCOC1. The normalized spacial score (nSPS) is 34.5. The zero-order valence-corrected chi connectivity index (χ0v) is 5.07. The van der Waals surface area contributed by atoms with E-state index < -0.39 is 0 Å². The molecule has 0 aromatic heterocycles. The maximum absolute atomic E-state index is 5.01. The summed E-state index contributed by atoms with van der Waals surface area (Å²) in [5, 5.41) is 0. The summed E-state index contributed by atoms with van der Waals surface area (Å²) in [5.41, 5.74) is 0. The first-order valence-electron chi connectivity index (χ1n) is 2.11. The van der Waals surface area contributed by atoms with Crippen LogP contribution in [0.15, 0.2) is 0 Å². The third-order valence-corrected chi connectivity index (χ3v) is 1.60. The molecule has 0 aromatic rings. The van der Waals surface area contributed by atoms with E-state index in [9.17, 15) is 0 Å². The summed E-state index contributed by atoms with van der Waals surface area (Å²) in [6.07, 6.45) is 1.18. The highest BCUT2D eigenvalue weighted by atomic mass is 79.9. The van der Waals surface area contributed by atoms with Crippen LogP contribution in [-0.4, -0.2) is 18.0 Å². The van der Waals surface area contributed by atoms with Crippen LogP contribution in [0.2, 0.25) is 0 Å². The molecule has 1 rings (SSSR count). The quantitative estimate of drug-likeness (QED) is 0.472. The van der Waals surface area contributed by atoms with Crippen molar-refractivity contribution in [2.24, 2.45) is 0 Å². The summed E-state index contributed by atoms with van der Waals surface area (Å²) in [6, 6.07) is 0. The van der Waals surface area contributed by atoms with Crippen LogP contribution in [0.25, 0.3) is 0 Å². The van der Waals surface area contributed by atoms with E-state index in [2.05, 4.69) is 15.9 Å². The van der Waals surface area contributed by atoms with E-state index in [-0.39, 0.29) is 0 Å². The fourth-order valence-electron chi connectivity index (χ4n) is 0.506. The van der Waals surface area contributed by atoms with Crippen molar-refractivity contribution < 1.29 is 4.74 Å². The molecule has 1 aliphatic rings. The second-order valence-electron chi connectivity index (χ2n) is 1.46. The van der Waals surface area contributed by atoms with Crippen LogP contribution >= 0.6 is 15.9 Å². The van der Waals surface area contributed by atoms with Crippen molar-refractivity contribution in [1.29, 1.82) is 0 Å². The topological polar surface area (TPSA) is 9.23 Å². The Balaban J connectivity index is 2.18. The summed E-state index contributed by atoms with van der Waals surface area (Å²) >= 11 is 3.41. The summed E-state index contributed by atoms with van der Waals surface area (Å²) < 4.78 is 5.01. The van der Waals surface area contributed by atoms with Gasteiger partial charge in [-0.25, -0.2) is 0 Å². The van der Waals surface area contributed by atoms with Gasteiger partial charge in [-0.2, -0.15) is 0 Å². The van der Waals surface area contributed by atoms with Gasteiger partial charge in [0, 0.05) is 11.4 Å². The van der Waals surface area contributed by atoms with Gasteiger partial charge in [-0.3, -0.25) is 0 Å². The van der Waals surface area contributed by atoms with E-state index in [0.29, 0.717) is 4.83 Å². The predicted molar refractivity (Wildman–Crippen MR) is 28.2 cm³/mol. The van der Waals surface area contributed by atoms with Gasteiger partial charge in [0.25, 0.3) is 0 Å². The van der Waals surface area contributed by atoms with E-state index in [1.807, 2.05) is 0 Å². The van der Waals surface area contributed by atoms with Gasteiger partial charge >= 0.3 is 0 Å². The van der Waals surface area contributed by atoms with Crippen LogP contribution in [0.5, 0.6) is 0 Å². The molecular formula is C4H7BrO. The molecule has 1 fully saturated rings. The van der Waals surface area contributed by atoms with Crippen molar-refractivity contribution in [1.82, 2.24) is 0 Å². The third-order valence-electron chi connectivity index (χ3n) is 0.874. The molecule has 0 N–H and O–H groups in total. The lowest BCUT2D eigenvalue weighted by Crippen LogP contribution is -1.91. The molecule has 2 heteroatoms. The van der Waals surface area contributed by atoms with Crippen molar-refractivity contribution >= 4 is 15.9 Å². The molecule has 1 saturated heterocycles. The van der Waals surface area contributed by atoms with E-state index in [0.717, 1.165) is 13.2 Å². The second-order valence-corrected chi connectivity index (χ2v) is 2.76. The minimum atomic E-state index is 0.637. The van der Waals surface area contributed by atoms with Crippen LogP contribution in [0.3, 0.4) is 0 Å². The minimum absolute atomic E-state index is 0.637. The van der Waals surface area contributed by atoms with Crippen molar-refractivity contribution in [3.8, 4) is 0 Å². The Hall–Kier alpha value is 0.440. The van der Waals surface area contributed by atoms with Crippen LogP contribution in [0.1, 0.15) is 6.42 Å². The fourth-order valence-corrected chi connectivity index (χ4v) is 0.880. The summed E-state index contributed by atoms with van der Waals surface area (Å²) in [7, 11) is 0. The largest absolute Gasteiger partial charge is 0.380 e. The first-order chi connectivity index (χ1) is 2.89. The standard InChI is InChI=1S/C4H7BrO/c5-4-1-2-6-3-4/h4H,1-3H2/t4-/m1/s1. The Morgan fingerprint density at radius 2 is 2.50 bits per heavy atom. The molecule has 0 amide bonds. The number of hydrogen-bond acceptors (Lipinski definition) is 1. The van der Waals surface area contributed by atoms with Crippen molar-refractivity contribution in [2.45, 2.75) is 11.2 Å². The van der Waals surface area contributed by atoms with Gasteiger partial charge < -0.3 is 4.74 Å². The first-order valence-corrected chi connectivity index (χ1v) is 3.03. The molecule has 36 valence electrons. The fraction of sp³-hybridized carbons (Fsp3) is 1.00. The summed E-state index contributed by atoms with van der Waals surface area (Å²) in [5.74, 6) is 0. The highest BCUT2D eigenvalue weighted by Crippen LogP contribution is 2.11. The number of rotatable bonds is 0. The number of halogens is 1. The zero-order valence-electron chi connectivity index (χ0n) is 3.48. The molecule has 0 aromatic carbocycles. The first kappa shape index (κ1) is 4.60. The van der Waals surface area contributed by atoms with Crippen LogP contribution < -0.4 is 0 Å². The summed E-state index contributed by atoms with van der Waals surface area (Å²) in [6.45, 7) is 1.84. The van der Waals surface area contributed by atoms with E-state index in [1.54, 1.807) is 0 Å². The summed E-state index contributed by atoms with van der Waals surface area (Å²) in [4.78, 5) is 0.637. The maximum atomic E-state index is 5.01. The van der Waals surface area contributed by atoms with Gasteiger partial charge in [0.2, 0.25) is 0 Å². The van der Waals surface area contributed by atoms with Gasteiger partial charge in [0.05, 0.1) is 6.61 Å². The zero-order chi connectivity index (χ0) is 4.41. The smallest absolute Gasteiger partial charge is 0.0592 e. The van der Waals surface area contributed by atoms with Crippen LogP contribution in [-0.2, 0) is 4.74 Å². The molecule has 6 heavy (non-hydrogen) atoms. The Bertz CT molecular complexity index is 40.8. The molecule has 1 heterocycles. The number of ether oxygens (including phenoxy) is 1. The van der Waals surface area contributed by atoms with Crippen molar-refractivity contribution in [2.75, 3.05) is 13.2 Å². The van der Waals surface area contributed by atoms with Gasteiger partial charge in [0.15, 0.2) is 0 Å². The molecule has 0 bridgehead atoms. The Kier molecular flexibility index (Phi) is 1.48. The number of hydrogen-bond donors (Lipinski definition) is 0. The minimum Gasteiger partial charge on any atom is -0.380 e. The van der Waals surface area contributed by atoms with Gasteiger partial charge in [0.1, 0.15) is 0 Å². The van der Waals surface area contributed by atoms with Gasteiger partial charge in [-0.15, -0.1) is 0 Å². The highest BCUT2D eigenvalue weighted by molar-refractivity contribution is 9.09. The molecule has 1 aliphatic heterocycles. The lowest BCUT2D eigenvalue weighted by molar-refractivity contribution is 0.199. The Labute approximate surface area is 45.8 Å². The van der Waals surface area contributed by atoms with E-state index in [4.69, 9.17) is 4.74 Å². The average molecular weight is 151 g/mol. The lowest BCUT2D eigenvalue weighted by atomic mass is 10.4. The average Bonchev–Trinajstić information content (AvgIpc) is 1.86. The van der Waals surface area contributed by atoms with E-state index in [1.165, 1.54) is 6.42 Å². The molecule has 1 nitrogen and oxygen atoms in total. The van der Waals surface area contributed by atoms with Crippen molar-refractivity contribution in [3.63, 3.8) is 0 Å². The number of alkyl halides is 1. The predicted octanol–water partition coefficient (Wildman–Crippen LogP) is 1.17. The van der Waals surface area contributed by atoms with E-state index >= 15 is 0 Å². The highest BCUT2D eigenvalue weighted by Gasteiger charge is 2.09. The lowest BCUT2D eigenvalue weighted by Gasteiger charge is -1.86. The molecule has 0 saturated carbocycles. The Morgan fingerprint density at radius 3 is 2.67 bits per heavy atom. The molecule has 1 atom stereocenters. The maximum Gasteiger partial charge on any atom is 0.0592 e. The van der Waals surface area contributed by atoms with Gasteiger partial charge in [-0.1, -0.05) is 15.9 Å². The Morgan fingerprint density at radius 1 is 1.67 bits per heavy atom.